The lowest BCUT2D eigenvalue weighted by atomic mass is 9.66. The van der Waals surface area contributed by atoms with E-state index >= 15 is 0 Å². The van der Waals surface area contributed by atoms with Crippen LogP contribution in [0.2, 0.25) is 0 Å². The molecule has 2 aliphatic rings. The highest BCUT2D eigenvalue weighted by Crippen LogP contribution is 2.70. The quantitative estimate of drug-likeness (QED) is 0.431. The summed E-state index contributed by atoms with van der Waals surface area (Å²) in [5, 5.41) is 8.95. The second-order valence-electron chi connectivity index (χ2n) is 6.92. The zero-order valence-corrected chi connectivity index (χ0v) is 12.6. The normalized spacial score (nSPS) is 34.4. The van der Waals surface area contributed by atoms with Crippen molar-refractivity contribution in [3.8, 4) is 0 Å². The molecule has 2 aliphatic carbocycles. The molecular weight excluding hydrogens is 333 g/mol. The maximum atomic E-state index is 14.4. The van der Waals surface area contributed by atoms with E-state index in [1.807, 2.05) is 0 Å². The highest BCUT2D eigenvalue weighted by atomic mass is 19.4. The summed E-state index contributed by atoms with van der Waals surface area (Å²) < 4.78 is 93.6. The molecule has 136 valence electrons. The van der Waals surface area contributed by atoms with E-state index < -0.39 is 60.1 Å². The van der Waals surface area contributed by atoms with E-state index in [0.29, 0.717) is 0 Å². The van der Waals surface area contributed by atoms with Gasteiger partial charge in [0.25, 0.3) is 0 Å². The maximum absolute atomic E-state index is 14.4. The molecule has 5 atom stereocenters. The summed E-state index contributed by atoms with van der Waals surface area (Å²) >= 11 is 0. The molecule has 2 rings (SSSR count). The third kappa shape index (κ3) is 2.63. The number of alkyl halides is 7. The lowest BCUT2D eigenvalue weighted by Gasteiger charge is -2.44. The fraction of sp³-hybridized carbons (Fsp3) is 1.00. The number of fused-ring (bicyclic) bond motifs is 2. The maximum Gasteiger partial charge on any atom is 0.403 e. The van der Waals surface area contributed by atoms with Crippen LogP contribution in [-0.4, -0.2) is 29.4 Å². The van der Waals surface area contributed by atoms with Gasteiger partial charge in [-0.15, -0.1) is 0 Å². The fourth-order valence-electron chi connectivity index (χ4n) is 4.44. The largest absolute Gasteiger partial charge is 0.403 e. The van der Waals surface area contributed by atoms with Crippen LogP contribution in [0.1, 0.15) is 39.5 Å². The molecule has 2 nitrogen and oxygen atoms in total. The van der Waals surface area contributed by atoms with Crippen molar-refractivity contribution in [2.75, 3.05) is 0 Å². The minimum absolute atomic E-state index is 0.0736. The molecule has 0 aromatic heterocycles. The number of halogens is 7. The van der Waals surface area contributed by atoms with Crippen molar-refractivity contribution < 1.29 is 40.9 Å². The van der Waals surface area contributed by atoms with Crippen LogP contribution in [0.25, 0.3) is 0 Å². The van der Waals surface area contributed by atoms with E-state index in [-0.39, 0.29) is 12.8 Å². The van der Waals surface area contributed by atoms with Crippen LogP contribution in [0, 0.1) is 23.2 Å². The van der Waals surface area contributed by atoms with Gasteiger partial charge >= 0.3 is 12.4 Å². The van der Waals surface area contributed by atoms with Crippen molar-refractivity contribution in [1.82, 2.24) is 0 Å². The second-order valence-corrected chi connectivity index (χ2v) is 6.92. The Hall–Kier alpha value is -0.570. The van der Waals surface area contributed by atoms with Crippen molar-refractivity contribution in [2.45, 2.75) is 63.7 Å². The van der Waals surface area contributed by atoms with Crippen LogP contribution in [-0.2, 0) is 4.89 Å². The van der Waals surface area contributed by atoms with Crippen molar-refractivity contribution in [2.24, 2.45) is 23.2 Å². The third-order valence-electron chi connectivity index (χ3n) is 5.83. The van der Waals surface area contributed by atoms with Crippen molar-refractivity contribution >= 4 is 0 Å². The SMILES string of the molecule is CCC(C)(F)C(OO)C1CC2CC1CC2(C(F)(F)F)C(F)(F)F. The zero-order valence-electron chi connectivity index (χ0n) is 12.6. The topological polar surface area (TPSA) is 29.5 Å². The lowest BCUT2D eigenvalue weighted by Crippen LogP contribution is -2.55. The van der Waals surface area contributed by atoms with Crippen LogP contribution in [0.4, 0.5) is 30.7 Å². The number of hydrogen-bond acceptors (Lipinski definition) is 2. The molecule has 0 spiro atoms. The van der Waals surface area contributed by atoms with Gasteiger partial charge in [0.15, 0.2) is 5.41 Å². The van der Waals surface area contributed by atoms with Gasteiger partial charge in [-0.1, -0.05) is 6.92 Å². The molecule has 23 heavy (non-hydrogen) atoms. The standard InChI is InChI=1S/C14H19F7O2/c1-3-11(2,15)10(23-22)9-5-8-4-7(9)6-12(8,13(16,17)18)14(19,20)21/h7-10,22H,3-6H2,1-2H3. The molecule has 2 saturated carbocycles. The van der Waals surface area contributed by atoms with Crippen molar-refractivity contribution in [1.29, 1.82) is 0 Å². The molecule has 0 aromatic rings. The molecule has 2 fully saturated rings. The molecule has 0 heterocycles. The lowest BCUT2D eigenvalue weighted by molar-refractivity contribution is -0.364. The van der Waals surface area contributed by atoms with Crippen LogP contribution >= 0.6 is 0 Å². The first-order valence-corrected chi connectivity index (χ1v) is 7.44. The average Bonchev–Trinajstić information content (AvgIpc) is 2.95. The monoisotopic (exact) mass is 352 g/mol. The van der Waals surface area contributed by atoms with E-state index in [2.05, 4.69) is 4.89 Å². The Balaban J connectivity index is 2.31. The van der Waals surface area contributed by atoms with Gasteiger partial charge in [0.05, 0.1) is 0 Å². The van der Waals surface area contributed by atoms with Gasteiger partial charge in [-0.3, -0.25) is 5.26 Å². The van der Waals surface area contributed by atoms with Gasteiger partial charge in [-0.25, -0.2) is 9.28 Å². The molecule has 5 unspecified atom stereocenters. The van der Waals surface area contributed by atoms with Gasteiger partial charge in [0.2, 0.25) is 0 Å². The van der Waals surface area contributed by atoms with Gasteiger partial charge < -0.3 is 0 Å². The average molecular weight is 352 g/mol. The fourth-order valence-corrected chi connectivity index (χ4v) is 4.44. The summed E-state index contributed by atoms with van der Waals surface area (Å²) in [4.78, 5) is 4.14. The first-order valence-electron chi connectivity index (χ1n) is 7.44. The Morgan fingerprint density at radius 1 is 1.09 bits per heavy atom. The van der Waals surface area contributed by atoms with E-state index in [1.165, 1.54) is 6.92 Å². The van der Waals surface area contributed by atoms with Crippen LogP contribution in [0.5, 0.6) is 0 Å². The van der Waals surface area contributed by atoms with Gasteiger partial charge in [-0.2, -0.15) is 26.3 Å². The number of hydrogen-bond donors (Lipinski definition) is 1. The van der Waals surface area contributed by atoms with Gasteiger partial charge in [0, 0.05) is 0 Å². The van der Waals surface area contributed by atoms with Crippen molar-refractivity contribution in [3.05, 3.63) is 0 Å². The highest BCUT2D eigenvalue weighted by Gasteiger charge is 2.79. The van der Waals surface area contributed by atoms with Crippen LogP contribution < -0.4 is 0 Å². The molecule has 0 radical (unpaired) electrons. The Morgan fingerprint density at radius 2 is 1.61 bits per heavy atom. The Morgan fingerprint density at radius 3 is 1.91 bits per heavy atom. The Bertz CT molecular complexity index is 429. The van der Waals surface area contributed by atoms with E-state index in [4.69, 9.17) is 5.26 Å². The summed E-state index contributed by atoms with van der Waals surface area (Å²) in [5.74, 6) is -3.51. The van der Waals surface area contributed by atoms with Crippen LogP contribution in [0.3, 0.4) is 0 Å². The molecule has 0 aliphatic heterocycles. The summed E-state index contributed by atoms with van der Waals surface area (Å²) in [5.41, 5.74) is -5.76. The molecular formula is C14H19F7O2. The van der Waals surface area contributed by atoms with Crippen LogP contribution in [0.15, 0.2) is 0 Å². The smallest absolute Gasteiger partial charge is 0.251 e. The molecule has 9 heteroatoms. The molecule has 2 bridgehead atoms. The zero-order chi connectivity index (χ0) is 17.8. The summed E-state index contributed by atoms with van der Waals surface area (Å²) in [7, 11) is 0. The summed E-state index contributed by atoms with van der Waals surface area (Å²) in [6.07, 6.45) is -14.2. The first kappa shape index (κ1) is 18.8. The predicted octanol–water partition coefficient (Wildman–Crippen LogP) is 5.14. The van der Waals surface area contributed by atoms with E-state index in [1.54, 1.807) is 0 Å². The third-order valence-corrected chi connectivity index (χ3v) is 5.83. The second kappa shape index (κ2) is 5.47. The molecule has 1 N–H and O–H groups in total. The number of rotatable bonds is 4. The van der Waals surface area contributed by atoms with Gasteiger partial charge in [0.1, 0.15) is 11.8 Å². The molecule has 0 amide bonds. The molecule has 0 saturated heterocycles. The predicted molar refractivity (Wildman–Crippen MR) is 66.2 cm³/mol. The minimum atomic E-state index is -5.41. The van der Waals surface area contributed by atoms with E-state index in [9.17, 15) is 30.7 Å². The first-order chi connectivity index (χ1) is 10.3. The van der Waals surface area contributed by atoms with Gasteiger partial charge in [-0.05, 0) is 50.4 Å². The van der Waals surface area contributed by atoms with Crippen molar-refractivity contribution in [3.63, 3.8) is 0 Å². The Labute approximate surface area is 128 Å². The Kier molecular flexibility index (Phi) is 4.46. The summed E-state index contributed by atoms with van der Waals surface area (Å²) in [6.45, 7) is 2.59. The highest BCUT2D eigenvalue weighted by molar-refractivity contribution is 5.12. The molecule has 0 aromatic carbocycles. The minimum Gasteiger partial charge on any atom is -0.251 e. The summed E-state index contributed by atoms with van der Waals surface area (Å²) in [6, 6.07) is 0. The van der Waals surface area contributed by atoms with E-state index in [0.717, 1.165) is 6.92 Å².